The topological polar surface area (TPSA) is 55.4 Å². The Kier molecular flexibility index (Phi) is 6.80. The Morgan fingerprint density at radius 1 is 1.13 bits per heavy atom. The predicted molar refractivity (Wildman–Crippen MR) is 97.1 cm³/mol. The molecule has 0 saturated heterocycles. The van der Waals surface area contributed by atoms with Crippen molar-refractivity contribution in [3.8, 4) is 5.75 Å². The summed E-state index contributed by atoms with van der Waals surface area (Å²) in [5.41, 5.74) is 1.61. The lowest BCUT2D eigenvalue weighted by Gasteiger charge is -2.07. The van der Waals surface area contributed by atoms with E-state index in [1.54, 1.807) is 24.3 Å². The van der Waals surface area contributed by atoms with Gasteiger partial charge in [0.05, 0.1) is 6.61 Å². The monoisotopic (exact) mass is 395 g/mol. The maximum atomic E-state index is 12.1. The van der Waals surface area contributed by atoms with Crippen LogP contribution in [0, 0.1) is 0 Å². The standard InChI is InChI=1S/C17H18BrNO3S/c1-2-22-16-9-7-15(8-10-16)19-17(20)12-23(21)11-13-3-5-14(18)6-4-13/h3-10H,2,11-12H2,1H3,(H,19,20)/t23-/m1/s1. The maximum absolute atomic E-state index is 12.1. The van der Waals surface area contributed by atoms with E-state index in [0.717, 1.165) is 15.8 Å². The largest absolute Gasteiger partial charge is 0.494 e. The van der Waals surface area contributed by atoms with Gasteiger partial charge in [0.25, 0.3) is 0 Å². The highest BCUT2D eigenvalue weighted by atomic mass is 79.9. The first-order valence-electron chi connectivity index (χ1n) is 7.19. The number of amides is 1. The molecule has 1 atom stereocenters. The van der Waals surface area contributed by atoms with Gasteiger partial charge in [0.2, 0.25) is 5.91 Å². The summed E-state index contributed by atoms with van der Waals surface area (Å²) < 4.78 is 18.4. The van der Waals surface area contributed by atoms with Crippen molar-refractivity contribution in [2.75, 3.05) is 17.7 Å². The predicted octanol–water partition coefficient (Wildman–Crippen LogP) is 3.74. The van der Waals surface area contributed by atoms with Crippen molar-refractivity contribution in [1.29, 1.82) is 0 Å². The number of hydrogen-bond acceptors (Lipinski definition) is 3. The molecule has 6 heteroatoms. The normalized spacial score (nSPS) is 11.7. The van der Waals surface area contributed by atoms with Crippen LogP contribution in [0.3, 0.4) is 0 Å². The van der Waals surface area contributed by atoms with Crippen molar-refractivity contribution in [3.63, 3.8) is 0 Å². The third kappa shape index (κ3) is 6.15. The molecule has 0 aromatic heterocycles. The Labute approximate surface area is 146 Å². The molecule has 122 valence electrons. The van der Waals surface area contributed by atoms with E-state index in [-0.39, 0.29) is 11.7 Å². The van der Waals surface area contributed by atoms with Crippen molar-refractivity contribution in [3.05, 3.63) is 58.6 Å². The van der Waals surface area contributed by atoms with Gasteiger partial charge in [-0.25, -0.2) is 0 Å². The summed E-state index contributed by atoms with van der Waals surface area (Å²) >= 11 is 3.35. The summed E-state index contributed by atoms with van der Waals surface area (Å²) in [6, 6.07) is 14.7. The van der Waals surface area contributed by atoms with Gasteiger partial charge in [0.1, 0.15) is 11.5 Å². The third-order valence-corrected chi connectivity index (χ3v) is 4.75. The lowest BCUT2D eigenvalue weighted by molar-refractivity contribution is -0.113. The molecular weight excluding hydrogens is 378 g/mol. The summed E-state index contributed by atoms with van der Waals surface area (Å²) in [5, 5.41) is 2.74. The lowest BCUT2D eigenvalue weighted by atomic mass is 10.2. The second-order valence-electron chi connectivity index (χ2n) is 4.86. The van der Waals surface area contributed by atoms with E-state index in [2.05, 4.69) is 21.2 Å². The Balaban J connectivity index is 1.83. The Bertz CT molecular complexity index is 671. The molecule has 4 nitrogen and oxygen atoms in total. The summed E-state index contributed by atoms with van der Waals surface area (Å²) in [5.74, 6) is 0.835. The number of ether oxygens (including phenoxy) is 1. The molecule has 23 heavy (non-hydrogen) atoms. The molecule has 0 aliphatic carbocycles. The van der Waals surface area contributed by atoms with E-state index in [4.69, 9.17) is 4.74 Å². The van der Waals surface area contributed by atoms with Gasteiger partial charge in [0.15, 0.2) is 0 Å². The fraction of sp³-hybridized carbons (Fsp3) is 0.235. The molecular formula is C17H18BrNO3S. The minimum absolute atomic E-state index is 0.0245. The average Bonchev–Trinajstić information content (AvgIpc) is 2.51. The fourth-order valence-electron chi connectivity index (χ4n) is 1.96. The second-order valence-corrected chi connectivity index (χ2v) is 7.23. The first-order chi connectivity index (χ1) is 11.1. The van der Waals surface area contributed by atoms with Crippen molar-refractivity contribution in [2.24, 2.45) is 0 Å². The van der Waals surface area contributed by atoms with Crippen LogP contribution in [-0.4, -0.2) is 22.5 Å². The highest BCUT2D eigenvalue weighted by molar-refractivity contribution is 9.10. The number of nitrogens with one attached hydrogen (secondary N) is 1. The van der Waals surface area contributed by atoms with Crippen LogP contribution in [0.4, 0.5) is 5.69 Å². The number of benzene rings is 2. The van der Waals surface area contributed by atoms with Gasteiger partial charge in [-0.3, -0.25) is 9.00 Å². The third-order valence-electron chi connectivity index (χ3n) is 2.98. The fourth-order valence-corrected chi connectivity index (χ4v) is 3.26. The first kappa shape index (κ1) is 17.7. The zero-order valence-electron chi connectivity index (χ0n) is 12.8. The molecule has 0 saturated carbocycles. The van der Waals surface area contributed by atoms with Crippen LogP contribution in [0.5, 0.6) is 5.75 Å². The number of anilines is 1. The number of carbonyl (C=O) groups excluding carboxylic acids is 1. The summed E-state index contributed by atoms with van der Waals surface area (Å²) in [4.78, 5) is 11.9. The van der Waals surface area contributed by atoms with Crippen molar-refractivity contribution >= 4 is 38.3 Å². The van der Waals surface area contributed by atoms with Crippen LogP contribution >= 0.6 is 15.9 Å². The molecule has 2 rings (SSSR count). The van der Waals surface area contributed by atoms with Crippen molar-refractivity contribution in [2.45, 2.75) is 12.7 Å². The zero-order chi connectivity index (χ0) is 16.7. The molecule has 0 aliphatic rings. The summed E-state index contributed by atoms with van der Waals surface area (Å²) in [7, 11) is -1.24. The molecule has 0 spiro atoms. The minimum atomic E-state index is -1.24. The van der Waals surface area contributed by atoms with Gasteiger partial charge < -0.3 is 10.1 Å². The molecule has 0 radical (unpaired) electrons. The van der Waals surface area contributed by atoms with Crippen LogP contribution < -0.4 is 10.1 Å². The maximum Gasteiger partial charge on any atom is 0.237 e. The van der Waals surface area contributed by atoms with E-state index < -0.39 is 10.8 Å². The van der Waals surface area contributed by atoms with Crippen LogP contribution in [0.2, 0.25) is 0 Å². The van der Waals surface area contributed by atoms with Crippen LogP contribution in [0.1, 0.15) is 12.5 Å². The zero-order valence-corrected chi connectivity index (χ0v) is 15.2. The number of carbonyl (C=O) groups is 1. The average molecular weight is 396 g/mol. The van der Waals surface area contributed by atoms with E-state index in [1.807, 2.05) is 31.2 Å². The SMILES string of the molecule is CCOc1ccc(NC(=O)C[S@](=O)Cc2ccc(Br)cc2)cc1. The van der Waals surface area contributed by atoms with Crippen LogP contribution in [0.15, 0.2) is 53.0 Å². The number of hydrogen-bond donors (Lipinski definition) is 1. The number of rotatable bonds is 7. The summed E-state index contributed by atoms with van der Waals surface area (Å²) in [6.07, 6.45) is 0. The van der Waals surface area contributed by atoms with Crippen molar-refractivity contribution < 1.29 is 13.7 Å². The van der Waals surface area contributed by atoms with Gasteiger partial charge in [-0.15, -0.1) is 0 Å². The molecule has 0 fully saturated rings. The second kappa shape index (κ2) is 8.84. The van der Waals surface area contributed by atoms with Crippen LogP contribution in [0.25, 0.3) is 0 Å². The Morgan fingerprint density at radius 2 is 1.78 bits per heavy atom. The molecule has 0 unspecified atom stereocenters. The molecule has 1 N–H and O–H groups in total. The van der Waals surface area contributed by atoms with E-state index in [0.29, 0.717) is 18.0 Å². The van der Waals surface area contributed by atoms with Gasteiger partial charge >= 0.3 is 0 Å². The summed E-state index contributed by atoms with van der Waals surface area (Å²) in [6.45, 7) is 2.51. The van der Waals surface area contributed by atoms with Crippen molar-refractivity contribution in [1.82, 2.24) is 0 Å². The molecule has 1 amide bonds. The van der Waals surface area contributed by atoms with E-state index in [9.17, 15) is 9.00 Å². The van der Waals surface area contributed by atoms with Crippen LogP contribution in [-0.2, 0) is 21.3 Å². The molecule has 0 heterocycles. The number of halogens is 1. The molecule has 0 bridgehead atoms. The highest BCUT2D eigenvalue weighted by Crippen LogP contribution is 2.16. The van der Waals surface area contributed by atoms with E-state index in [1.165, 1.54) is 0 Å². The molecule has 2 aromatic carbocycles. The highest BCUT2D eigenvalue weighted by Gasteiger charge is 2.09. The van der Waals surface area contributed by atoms with Gasteiger partial charge in [-0.1, -0.05) is 28.1 Å². The van der Waals surface area contributed by atoms with E-state index >= 15 is 0 Å². The van der Waals surface area contributed by atoms with Gasteiger partial charge in [0, 0.05) is 26.7 Å². The lowest BCUT2D eigenvalue weighted by Crippen LogP contribution is -2.20. The molecule has 0 aliphatic heterocycles. The van der Waals surface area contributed by atoms with Gasteiger partial charge in [-0.2, -0.15) is 0 Å². The molecule has 2 aromatic rings. The Hall–Kier alpha value is -1.66. The van der Waals surface area contributed by atoms with Gasteiger partial charge in [-0.05, 0) is 48.9 Å². The first-order valence-corrected chi connectivity index (χ1v) is 9.47. The minimum Gasteiger partial charge on any atom is -0.494 e. The smallest absolute Gasteiger partial charge is 0.237 e. The Morgan fingerprint density at radius 3 is 2.39 bits per heavy atom. The quantitative estimate of drug-likeness (QED) is 0.776.